The lowest BCUT2D eigenvalue weighted by Gasteiger charge is -2.54. The fourth-order valence-electron chi connectivity index (χ4n) is 4.50. The molecule has 1 aromatic rings. The third-order valence-electron chi connectivity index (χ3n) is 5.45. The molecule has 3 heteroatoms. The molecule has 4 rings (SSSR count). The molecule has 2 fully saturated rings. The van der Waals surface area contributed by atoms with Gasteiger partial charge in [0, 0.05) is 25.0 Å². The van der Waals surface area contributed by atoms with Gasteiger partial charge >= 0.3 is 0 Å². The Labute approximate surface area is 126 Å². The largest absolute Gasteiger partial charge is 0.379 e. The molecule has 3 unspecified atom stereocenters. The van der Waals surface area contributed by atoms with Crippen molar-refractivity contribution in [3.8, 4) is 0 Å². The van der Waals surface area contributed by atoms with E-state index in [0.29, 0.717) is 12.0 Å². The number of morpholine rings is 1. The van der Waals surface area contributed by atoms with Crippen LogP contribution in [0.3, 0.4) is 0 Å². The van der Waals surface area contributed by atoms with Crippen molar-refractivity contribution in [1.29, 1.82) is 0 Å². The fourth-order valence-corrected chi connectivity index (χ4v) is 5.14. The molecule has 1 aliphatic heterocycles. The zero-order valence-electron chi connectivity index (χ0n) is 11.9. The minimum atomic E-state index is -0.148. The molecule has 3 aliphatic rings. The number of halogens is 1. The summed E-state index contributed by atoms with van der Waals surface area (Å²) >= 11 is 7.26. The van der Waals surface area contributed by atoms with Crippen LogP contribution in [-0.4, -0.2) is 37.2 Å². The maximum absolute atomic E-state index is 7.26. The Kier molecular flexibility index (Phi) is 3.29. The molecule has 0 spiro atoms. The second-order valence-electron chi connectivity index (χ2n) is 6.36. The van der Waals surface area contributed by atoms with E-state index in [9.17, 15) is 0 Å². The summed E-state index contributed by atoms with van der Waals surface area (Å²) in [6, 6.07) is 9.31. The second-order valence-corrected chi connectivity index (χ2v) is 6.98. The van der Waals surface area contributed by atoms with Crippen LogP contribution in [0.15, 0.2) is 24.3 Å². The first-order valence-electron chi connectivity index (χ1n) is 7.92. The minimum Gasteiger partial charge on any atom is -0.379 e. The highest BCUT2D eigenvalue weighted by Crippen LogP contribution is 2.61. The first-order chi connectivity index (χ1) is 9.82. The zero-order chi connectivity index (χ0) is 13.6. The Balaban J connectivity index is 1.71. The van der Waals surface area contributed by atoms with E-state index in [1.807, 2.05) is 0 Å². The summed E-state index contributed by atoms with van der Waals surface area (Å²) in [6.45, 7) is 3.79. The van der Waals surface area contributed by atoms with Crippen LogP contribution in [-0.2, 0) is 9.61 Å². The molecule has 1 heterocycles. The van der Waals surface area contributed by atoms with Gasteiger partial charge in [0.1, 0.15) is 0 Å². The maximum atomic E-state index is 7.26. The number of hydrogen-bond acceptors (Lipinski definition) is 2. The van der Waals surface area contributed by atoms with Gasteiger partial charge < -0.3 is 4.74 Å². The van der Waals surface area contributed by atoms with E-state index in [4.69, 9.17) is 16.3 Å². The summed E-state index contributed by atoms with van der Waals surface area (Å²) in [6.07, 6.45) is 5.10. The van der Waals surface area contributed by atoms with Crippen molar-refractivity contribution < 1.29 is 4.74 Å². The number of fused-ring (bicyclic) bond motifs is 4. The average Bonchev–Trinajstić information content (AvgIpc) is 2.65. The van der Waals surface area contributed by atoms with E-state index in [2.05, 4.69) is 29.2 Å². The Morgan fingerprint density at radius 3 is 2.70 bits per heavy atom. The first-order valence-corrected chi connectivity index (χ1v) is 8.29. The molecular formula is C17H22ClNO. The molecule has 0 aromatic heterocycles. The Bertz CT molecular complexity index is 500. The van der Waals surface area contributed by atoms with E-state index in [1.54, 1.807) is 0 Å². The van der Waals surface area contributed by atoms with Crippen molar-refractivity contribution in [3.63, 3.8) is 0 Å². The Morgan fingerprint density at radius 1 is 1.10 bits per heavy atom. The standard InChI is InChI=1S/C17H22ClNO/c18-17-14-6-2-1-5-13(14)15(17)7-3-4-8-16(17)19-9-11-20-12-10-19/h1-2,5-6,15-16H,3-4,7-12H2. The summed E-state index contributed by atoms with van der Waals surface area (Å²) in [5, 5.41) is 0. The van der Waals surface area contributed by atoms with Gasteiger partial charge in [-0.2, -0.15) is 0 Å². The average molecular weight is 292 g/mol. The van der Waals surface area contributed by atoms with Gasteiger partial charge in [-0.3, -0.25) is 4.90 Å². The van der Waals surface area contributed by atoms with Crippen molar-refractivity contribution in [2.24, 2.45) is 0 Å². The number of alkyl halides is 1. The Morgan fingerprint density at radius 2 is 1.85 bits per heavy atom. The number of rotatable bonds is 1. The van der Waals surface area contributed by atoms with Crippen molar-refractivity contribution in [2.45, 2.75) is 42.5 Å². The molecule has 3 atom stereocenters. The minimum absolute atomic E-state index is 0.148. The van der Waals surface area contributed by atoms with Gasteiger partial charge in [0.2, 0.25) is 0 Å². The number of nitrogens with zero attached hydrogens (tertiary/aromatic N) is 1. The monoisotopic (exact) mass is 291 g/mol. The van der Waals surface area contributed by atoms with Crippen LogP contribution >= 0.6 is 11.6 Å². The highest BCUT2D eigenvalue weighted by molar-refractivity contribution is 6.26. The van der Waals surface area contributed by atoms with E-state index < -0.39 is 0 Å². The first kappa shape index (κ1) is 13.1. The molecule has 2 aliphatic carbocycles. The molecule has 1 saturated heterocycles. The predicted octanol–water partition coefficient (Wildman–Crippen LogP) is 3.49. The molecule has 0 radical (unpaired) electrons. The smallest absolute Gasteiger partial charge is 0.0920 e. The fraction of sp³-hybridized carbons (Fsp3) is 0.647. The van der Waals surface area contributed by atoms with Crippen LogP contribution in [0.4, 0.5) is 0 Å². The topological polar surface area (TPSA) is 12.5 Å². The highest BCUT2D eigenvalue weighted by Gasteiger charge is 2.56. The SMILES string of the molecule is ClC12c3ccccc3C1CCCCC2N1CCOCC1. The van der Waals surface area contributed by atoms with E-state index in [0.717, 1.165) is 26.3 Å². The van der Waals surface area contributed by atoms with Gasteiger partial charge in [0.05, 0.1) is 18.1 Å². The van der Waals surface area contributed by atoms with E-state index >= 15 is 0 Å². The lowest BCUT2D eigenvalue weighted by Crippen LogP contribution is -2.57. The molecule has 1 aromatic carbocycles. The highest BCUT2D eigenvalue weighted by atomic mass is 35.5. The number of benzene rings is 1. The number of hydrogen-bond donors (Lipinski definition) is 0. The summed E-state index contributed by atoms with van der Waals surface area (Å²) < 4.78 is 5.52. The maximum Gasteiger partial charge on any atom is 0.0920 e. The van der Waals surface area contributed by atoms with Crippen LogP contribution in [0.25, 0.3) is 0 Å². The zero-order valence-corrected chi connectivity index (χ0v) is 12.6. The molecule has 0 N–H and O–H groups in total. The van der Waals surface area contributed by atoms with E-state index in [1.165, 1.54) is 36.8 Å². The number of ether oxygens (including phenoxy) is 1. The van der Waals surface area contributed by atoms with Crippen molar-refractivity contribution >= 4 is 11.6 Å². The lowest BCUT2D eigenvalue weighted by molar-refractivity contribution is -0.000638. The summed E-state index contributed by atoms with van der Waals surface area (Å²) in [5.41, 5.74) is 2.90. The van der Waals surface area contributed by atoms with Crippen LogP contribution in [0, 0.1) is 0 Å². The lowest BCUT2D eigenvalue weighted by atomic mass is 9.62. The summed E-state index contributed by atoms with van der Waals surface area (Å²) in [5.74, 6) is 0.552. The van der Waals surface area contributed by atoms with Crippen LogP contribution < -0.4 is 0 Å². The van der Waals surface area contributed by atoms with Crippen molar-refractivity contribution in [3.05, 3.63) is 35.4 Å². The van der Waals surface area contributed by atoms with Crippen LogP contribution in [0.2, 0.25) is 0 Å². The van der Waals surface area contributed by atoms with Crippen LogP contribution in [0.5, 0.6) is 0 Å². The van der Waals surface area contributed by atoms with Gasteiger partial charge in [-0.15, -0.1) is 11.6 Å². The predicted molar refractivity (Wildman–Crippen MR) is 81.4 cm³/mol. The van der Waals surface area contributed by atoms with Gasteiger partial charge in [-0.05, 0) is 24.0 Å². The third kappa shape index (κ3) is 1.78. The van der Waals surface area contributed by atoms with Crippen molar-refractivity contribution in [2.75, 3.05) is 26.3 Å². The van der Waals surface area contributed by atoms with Crippen molar-refractivity contribution in [1.82, 2.24) is 4.90 Å². The Hall–Kier alpha value is -0.570. The van der Waals surface area contributed by atoms with Gasteiger partial charge in [0.25, 0.3) is 0 Å². The second kappa shape index (κ2) is 5.01. The molecular weight excluding hydrogens is 270 g/mol. The molecule has 0 amide bonds. The van der Waals surface area contributed by atoms with Gasteiger partial charge in [0.15, 0.2) is 0 Å². The summed E-state index contributed by atoms with van der Waals surface area (Å²) in [4.78, 5) is 2.44. The van der Waals surface area contributed by atoms with Crippen LogP contribution in [0.1, 0.15) is 42.7 Å². The third-order valence-corrected chi connectivity index (χ3v) is 6.17. The molecule has 108 valence electrons. The van der Waals surface area contributed by atoms with E-state index in [-0.39, 0.29) is 4.87 Å². The molecule has 20 heavy (non-hydrogen) atoms. The normalized spacial score (nSPS) is 37.5. The quantitative estimate of drug-likeness (QED) is 0.735. The van der Waals surface area contributed by atoms with Gasteiger partial charge in [-0.1, -0.05) is 37.1 Å². The van der Waals surface area contributed by atoms with Gasteiger partial charge in [-0.25, -0.2) is 0 Å². The molecule has 1 saturated carbocycles. The summed E-state index contributed by atoms with van der Waals surface area (Å²) in [7, 11) is 0. The molecule has 2 nitrogen and oxygen atoms in total. The molecule has 0 bridgehead atoms.